The van der Waals surface area contributed by atoms with Gasteiger partial charge in [0.05, 0.1) is 11.0 Å². The lowest BCUT2D eigenvalue weighted by Crippen LogP contribution is -2.47. The first kappa shape index (κ1) is 21.5. The third-order valence-corrected chi connectivity index (χ3v) is 7.59. The number of benzene rings is 3. The number of hydrogen-bond acceptors (Lipinski definition) is 3. The van der Waals surface area contributed by atoms with Crippen molar-refractivity contribution >= 4 is 10.0 Å². The number of ether oxygens (including phenoxy) is 1. The lowest BCUT2D eigenvalue weighted by molar-refractivity contribution is -0.125. The van der Waals surface area contributed by atoms with Crippen molar-refractivity contribution < 1.29 is 13.2 Å². The van der Waals surface area contributed by atoms with Crippen LogP contribution in [0.3, 0.4) is 0 Å². The molecule has 0 radical (unpaired) electrons. The van der Waals surface area contributed by atoms with Gasteiger partial charge in [0, 0.05) is 6.04 Å². The van der Waals surface area contributed by atoms with Crippen molar-refractivity contribution in [3.8, 4) is 0 Å². The first-order chi connectivity index (χ1) is 14.9. The lowest BCUT2D eigenvalue weighted by atomic mass is 9.98. The highest BCUT2D eigenvalue weighted by Crippen LogP contribution is 2.43. The zero-order valence-corrected chi connectivity index (χ0v) is 18.6. The fraction of sp³-hybridized carbons (Fsp3) is 0.231. The minimum Gasteiger partial charge on any atom is -0.350 e. The van der Waals surface area contributed by atoms with E-state index < -0.39 is 22.3 Å². The molecule has 0 aromatic heterocycles. The van der Waals surface area contributed by atoms with Crippen LogP contribution in [0.1, 0.15) is 41.0 Å². The molecule has 5 heteroatoms. The summed E-state index contributed by atoms with van der Waals surface area (Å²) in [5.41, 5.74) is 4.00. The maximum absolute atomic E-state index is 13.7. The second-order valence-corrected chi connectivity index (χ2v) is 9.83. The zero-order valence-electron chi connectivity index (χ0n) is 17.8. The van der Waals surface area contributed by atoms with Crippen molar-refractivity contribution in [2.45, 2.75) is 43.5 Å². The molecule has 3 atom stereocenters. The summed E-state index contributed by atoms with van der Waals surface area (Å²) >= 11 is 0. The van der Waals surface area contributed by atoms with Crippen molar-refractivity contribution in [3.63, 3.8) is 0 Å². The zero-order chi connectivity index (χ0) is 22.0. The van der Waals surface area contributed by atoms with Crippen molar-refractivity contribution in [1.82, 2.24) is 4.31 Å². The third-order valence-electron chi connectivity index (χ3n) is 5.71. The molecule has 1 aliphatic rings. The number of sulfonamides is 1. The molecule has 0 aliphatic carbocycles. The van der Waals surface area contributed by atoms with Crippen molar-refractivity contribution in [1.29, 1.82) is 0 Å². The second-order valence-electron chi connectivity index (χ2n) is 7.99. The summed E-state index contributed by atoms with van der Waals surface area (Å²) in [7, 11) is -3.81. The summed E-state index contributed by atoms with van der Waals surface area (Å²) in [6.07, 6.45) is 1.22. The van der Waals surface area contributed by atoms with Crippen LogP contribution in [0.2, 0.25) is 0 Å². The molecule has 0 bridgehead atoms. The minimum absolute atomic E-state index is 0.238. The Bertz CT molecular complexity index is 1140. The quantitative estimate of drug-likeness (QED) is 0.484. The Morgan fingerprint density at radius 2 is 1.45 bits per heavy atom. The molecule has 1 fully saturated rings. The van der Waals surface area contributed by atoms with Gasteiger partial charge in [-0.2, -0.15) is 4.31 Å². The van der Waals surface area contributed by atoms with Gasteiger partial charge in [0.2, 0.25) is 10.0 Å². The van der Waals surface area contributed by atoms with E-state index >= 15 is 0 Å². The molecule has 0 N–H and O–H groups in total. The summed E-state index contributed by atoms with van der Waals surface area (Å²) in [6.45, 7) is 7.94. The number of nitrogens with zero attached hydrogens (tertiary/aromatic N) is 1. The molecule has 1 saturated heterocycles. The Labute approximate surface area is 184 Å². The smallest absolute Gasteiger partial charge is 0.246 e. The highest BCUT2D eigenvalue weighted by atomic mass is 32.2. The van der Waals surface area contributed by atoms with Gasteiger partial charge in [0.1, 0.15) is 0 Å². The molecular formula is C26H27NO3S. The van der Waals surface area contributed by atoms with Gasteiger partial charge in [-0.1, -0.05) is 83.9 Å². The summed E-state index contributed by atoms with van der Waals surface area (Å²) in [6, 6.07) is 24.2. The summed E-state index contributed by atoms with van der Waals surface area (Å²) in [5, 5.41) is 0. The molecule has 160 valence electrons. The maximum atomic E-state index is 13.7. The number of rotatable bonds is 5. The van der Waals surface area contributed by atoms with Crippen LogP contribution in [-0.4, -0.2) is 18.8 Å². The van der Waals surface area contributed by atoms with Gasteiger partial charge in [-0.3, -0.25) is 0 Å². The van der Waals surface area contributed by atoms with Crippen LogP contribution in [-0.2, 0) is 14.8 Å². The van der Waals surface area contributed by atoms with E-state index in [0.29, 0.717) is 6.42 Å². The monoisotopic (exact) mass is 433 g/mol. The lowest BCUT2D eigenvalue weighted by Gasteiger charge is -2.43. The molecule has 0 spiro atoms. The Balaban J connectivity index is 1.79. The molecule has 4 rings (SSSR count). The first-order valence-corrected chi connectivity index (χ1v) is 11.8. The Hall–Kier alpha value is -2.73. The van der Waals surface area contributed by atoms with Gasteiger partial charge < -0.3 is 4.74 Å². The molecule has 1 heterocycles. The highest BCUT2D eigenvalue weighted by Gasteiger charge is 2.43. The summed E-state index contributed by atoms with van der Waals surface area (Å²) in [5.74, 6) is 0. The molecular weight excluding hydrogens is 406 g/mol. The van der Waals surface area contributed by atoms with Crippen LogP contribution in [0, 0.1) is 13.8 Å². The standard InChI is InChI=1S/C26H27NO3S/c1-4-23-18-25(21-14-10-19(2)11-15-21)30-26(22-8-6-5-7-9-22)27(23)31(28,29)24-16-12-20(3)13-17-24/h4-17,23,25-26H,1,18H2,2-3H3/t23-,25-,26+/m0/s1. The van der Waals surface area contributed by atoms with E-state index in [1.807, 2.05) is 68.4 Å². The van der Waals surface area contributed by atoms with Gasteiger partial charge in [0.15, 0.2) is 6.23 Å². The van der Waals surface area contributed by atoms with Crippen LogP contribution in [0.15, 0.2) is 96.4 Å². The predicted octanol–water partition coefficient (Wildman–Crippen LogP) is 5.71. The van der Waals surface area contributed by atoms with Crippen LogP contribution >= 0.6 is 0 Å². The van der Waals surface area contributed by atoms with Crippen LogP contribution in [0.25, 0.3) is 0 Å². The molecule has 0 amide bonds. The largest absolute Gasteiger partial charge is 0.350 e. The van der Waals surface area contributed by atoms with Gasteiger partial charge >= 0.3 is 0 Å². The Morgan fingerprint density at radius 1 is 0.871 bits per heavy atom. The molecule has 3 aromatic carbocycles. The van der Waals surface area contributed by atoms with E-state index in [1.165, 1.54) is 9.87 Å². The summed E-state index contributed by atoms with van der Waals surface area (Å²) < 4.78 is 35.4. The second kappa shape index (κ2) is 8.79. The minimum atomic E-state index is -3.81. The van der Waals surface area contributed by atoms with E-state index in [9.17, 15) is 8.42 Å². The number of aryl methyl sites for hydroxylation is 2. The van der Waals surface area contributed by atoms with Gasteiger partial charge in [-0.25, -0.2) is 8.42 Å². The third kappa shape index (κ3) is 4.35. The van der Waals surface area contributed by atoms with Crippen LogP contribution in [0.5, 0.6) is 0 Å². The van der Waals surface area contributed by atoms with Crippen LogP contribution < -0.4 is 0 Å². The fourth-order valence-corrected chi connectivity index (χ4v) is 5.62. The van der Waals surface area contributed by atoms with Crippen molar-refractivity contribution in [2.24, 2.45) is 0 Å². The van der Waals surface area contributed by atoms with Crippen molar-refractivity contribution in [2.75, 3.05) is 0 Å². The SMILES string of the molecule is C=C[C@H]1C[C@@H](c2ccc(C)cc2)O[C@H](c2ccccc2)N1S(=O)(=O)c1ccc(C)cc1. The van der Waals surface area contributed by atoms with Gasteiger partial charge in [-0.05, 0) is 43.5 Å². The van der Waals surface area contributed by atoms with Crippen molar-refractivity contribution in [3.05, 3.63) is 114 Å². The Morgan fingerprint density at radius 3 is 2.03 bits per heavy atom. The molecule has 0 unspecified atom stereocenters. The van der Waals surface area contributed by atoms with E-state index in [1.54, 1.807) is 18.2 Å². The summed E-state index contributed by atoms with van der Waals surface area (Å²) in [4.78, 5) is 0.253. The normalized spacial score (nSPS) is 22.2. The van der Waals surface area contributed by atoms with Gasteiger partial charge in [-0.15, -0.1) is 6.58 Å². The van der Waals surface area contributed by atoms with E-state index in [0.717, 1.165) is 16.7 Å². The number of hydrogen-bond donors (Lipinski definition) is 0. The fourth-order valence-electron chi connectivity index (χ4n) is 3.94. The molecule has 1 aliphatic heterocycles. The van der Waals surface area contributed by atoms with E-state index in [-0.39, 0.29) is 11.0 Å². The molecule has 4 nitrogen and oxygen atoms in total. The predicted molar refractivity (Wildman–Crippen MR) is 123 cm³/mol. The average molecular weight is 434 g/mol. The first-order valence-electron chi connectivity index (χ1n) is 10.4. The topological polar surface area (TPSA) is 46.6 Å². The average Bonchev–Trinajstić information content (AvgIpc) is 2.79. The Kier molecular flexibility index (Phi) is 6.10. The highest BCUT2D eigenvalue weighted by molar-refractivity contribution is 7.89. The molecule has 3 aromatic rings. The maximum Gasteiger partial charge on any atom is 0.246 e. The molecule has 0 saturated carbocycles. The van der Waals surface area contributed by atoms with E-state index in [2.05, 4.69) is 18.7 Å². The van der Waals surface area contributed by atoms with Gasteiger partial charge in [0.25, 0.3) is 0 Å². The van der Waals surface area contributed by atoms with E-state index in [4.69, 9.17) is 4.74 Å². The van der Waals surface area contributed by atoms with Crippen LogP contribution in [0.4, 0.5) is 0 Å². The molecule has 31 heavy (non-hydrogen) atoms.